The predicted molar refractivity (Wildman–Crippen MR) is 108 cm³/mol. The number of carbonyl (C=O) groups is 1. The summed E-state index contributed by atoms with van der Waals surface area (Å²) in [6.07, 6.45) is 0. The second kappa shape index (κ2) is 7.67. The molecule has 0 unspecified atom stereocenters. The van der Waals surface area contributed by atoms with Crippen molar-refractivity contribution in [1.29, 1.82) is 0 Å². The van der Waals surface area contributed by atoms with E-state index in [1.54, 1.807) is 66.7 Å². The zero-order valence-electron chi connectivity index (χ0n) is 14.7. The van der Waals surface area contributed by atoms with Crippen molar-refractivity contribution in [3.8, 4) is 0 Å². The molecule has 4 rings (SSSR count). The number of anilines is 1. The Labute approximate surface area is 160 Å². The fourth-order valence-corrected chi connectivity index (χ4v) is 2.67. The van der Waals surface area contributed by atoms with Crippen LogP contribution in [0.5, 0.6) is 0 Å². The first-order valence-electron chi connectivity index (χ1n) is 8.61. The first-order chi connectivity index (χ1) is 13.7. The summed E-state index contributed by atoms with van der Waals surface area (Å²) in [6.45, 7) is 0. The maximum absolute atomic E-state index is 13.1. The maximum Gasteiger partial charge on any atom is 0.364 e. The Kier molecular flexibility index (Phi) is 4.76. The Morgan fingerprint density at radius 3 is 2.25 bits per heavy atom. The quantitative estimate of drug-likeness (QED) is 0.328. The molecular formula is C22H15N3O3. The van der Waals surface area contributed by atoms with Crippen molar-refractivity contribution in [3.05, 3.63) is 107 Å². The molecule has 0 amide bonds. The van der Waals surface area contributed by atoms with Gasteiger partial charge in [-0.2, -0.15) is 5.10 Å². The number of hydrazone groups is 1. The highest BCUT2D eigenvalue weighted by Gasteiger charge is 2.23. The van der Waals surface area contributed by atoms with Gasteiger partial charge < -0.3 is 4.42 Å². The number of aromatic nitrogens is 1. The highest BCUT2D eigenvalue weighted by atomic mass is 16.4. The minimum absolute atomic E-state index is 0.116. The normalized spacial score (nSPS) is 11.4. The lowest BCUT2D eigenvalue weighted by Crippen LogP contribution is -2.26. The number of para-hydroxylation sites is 3. The number of ketones is 1. The largest absolute Gasteiger partial charge is 0.419 e. The van der Waals surface area contributed by atoms with E-state index in [4.69, 9.17) is 4.42 Å². The average molecular weight is 369 g/mol. The molecule has 0 aliphatic carbocycles. The standard InChI is InChI=1S/C22H15N3O3/c26-21(15-9-3-1-4-10-15)19(25-24-16-11-5-2-6-12-16)20-22(27)28-18-14-8-7-13-17(18)23-20/h1-14,24H/b25-19+. The van der Waals surface area contributed by atoms with Crippen LogP contribution in [0.3, 0.4) is 0 Å². The van der Waals surface area contributed by atoms with Gasteiger partial charge in [-0.15, -0.1) is 0 Å². The van der Waals surface area contributed by atoms with Crippen LogP contribution in [0.2, 0.25) is 0 Å². The summed E-state index contributed by atoms with van der Waals surface area (Å²) >= 11 is 0. The first-order valence-corrected chi connectivity index (χ1v) is 8.61. The molecule has 1 heterocycles. The minimum atomic E-state index is -0.725. The molecule has 0 atom stereocenters. The number of carbonyl (C=O) groups excluding carboxylic acids is 1. The van der Waals surface area contributed by atoms with E-state index < -0.39 is 11.4 Å². The summed E-state index contributed by atoms with van der Waals surface area (Å²) in [5.74, 6) is -0.431. The Bertz CT molecular complexity index is 1220. The van der Waals surface area contributed by atoms with E-state index in [9.17, 15) is 9.59 Å². The van der Waals surface area contributed by atoms with Gasteiger partial charge in [0.15, 0.2) is 17.0 Å². The van der Waals surface area contributed by atoms with E-state index in [-0.39, 0.29) is 11.4 Å². The molecule has 0 saturated heterocycles. The van der Waals surface area contributed by atoms with Gasteiger partial charge in [-0.1, -0.05) is 60.7 Å². The molecule has 1 N–H and O–H groups in total. The van der Waals surface area contributed by atoms with Crippen LogP contribution in [0.1, 0.15) is 16.1 Å². The van der Waals surface area contributed by atoms with Crippen LogP contribution in [0, 0.1) is 0 Å². The number of Topliss-reactive ketones (excluding diaryl/α,β-unsaturated/α-hetero) is 1. The fraction of sp³-hybridized carbons (Fsp3) is 0. The fourth-order valence-electron chi connectivity index (χ4n) is 2.67. The molecule has 6 nitrogen and oxygen atoms in total. The number of fused-ring (bicyclic) bond motifs is 1. The molecule has 28 heavy (non-hydrogen) atoms. The number of nitrogens with zero attached hydrogens (tertiary/aromatic N) is 2. The lowest BCUT2D eigenvalue weighted by Gasteiger charge is -2.07. The Balaban J connectivity index is 1.84. The van der Waals surface area contributed by atoms with Gasteiger partial charge in [-0.25, -0.2) is 9.78 Å². The summed E-state index contributed by atoms with van der Waals surface area (Å²) in [4.78, 5) is 29.9. The predicted octanol–water partition coefficient (Wildman–Crippen LogP) is 3.89. The maximum atomic E-state index is 13.1. The molecule has 0 saturated carbocycles. The topological polar surface area (TPSA) is 84.6 Å². The Morgan fingerprint density at radius 1 is 0.857 bits per heavy atom. The summed E-state index contributed by atoms with van der Waals surface area (Å²) in [5, 5.41) is 4.20. The minimum Gasteiger partial charge on any atom is -0.419 e. The number of rotatable bonds is 5. The number of nitrogens with one attached hydrogen (secondary N) is 1. The van der Waals surface area contributed by atoms with Crippen LogP contribution in [0.25, 0.3) is 11.1 Å². The Hall–Kier alpha value is -4.06. The molecule has 0 spiro atoms. The van der Waals surface area contributed by atoms with Crippen LogP contribution in [0.15, 0.2) is 99.2 Å². The van der Waals surface area contributed by atoms with E-state index in [1.165, 1.54) is 0 Å². The lowest BCUT2D eigenvalue weighted by atomic mass is 10.0. The smallest absolute Gasteiger partial charge is 0.364 e. The summed E-state index contributed by atoms with van der Waals surface area (Å²) in [6, 6.07) is 24.6. The SMILES string of the molecule is O=C(/C(=N/Nc1ccccc1)c1nc2ccccc2oc1=O)c1ccccc1. The first kappa shape index (κ1) is 17.4. The van der Waals surface area contributed by atoms with Crippen molar-refractivity contribution in [2.45, 2.75) is 0 Å². The summed E-state index contributed by atoms with van der Waals surface area (Å²) in [7, 11) is 0. The van der Waals surface area contributed by atoms with Gasteiger partial charge in [0.05, 0.1) is 5.69 Å². The van der Waals surface area contributed by atoms with Crippen LogP contribution in [-0.2, 0) is 0 Å². The van der Waals surface area contributed by atoms with Crippen LogP contribution < -0.4 is 11.1 Å². The zero-order valence-corrected chi connectivity index (χ0v) is 14.7. The molecule has 0 aliphatic heterocycles. The van der Waals surface area contributed by atoms with Gasteiger partial charge in [0.2, 0.25) is 5.78 Å². The monoisotopic (exact) mass is 369 g/mol. The molecule has 4 aromatic rings. The Morgan fingerprint density at radius 2 is 1.50 bits per heavy atom. The van der Waals surface area contributed by atoms with Gasteiger partial charge >= 0.3 is 5.63 Å². The van der Waals surface area contributed by atoms with Gasteiger partial charge in [0.1, 0.15) is 5.52 Å². The van der Waals surface area contributed by atoms with E-state index in [0.717, 1.165) is 0 Å². The van der Waals surface area contributed by atoms with E-state index >= 15 is 0 Å². The highest BCUT2D eigenvalue weighted by Crippen LogP contribution is 2.12. The number of benzene rings is 3. The van der Waals surface area contributed by atoms with E-state index in [1.807, 2.05) is 18.2 Å². The molecule has 6 heteroatoms. The van der Waals surface area contributed by atoms with Crippen molar-refractivity contribution >= 4 is 28.3 Å². The third-order valence-corrected chi connectivity index (χ3v) is 4.04. The molecule has 0 bridgehead atoms. The third kappa shape index (κ3) is 3.57. The van der Waals surface area contributed by atoms with Gasteiger partial charge in [-0.05, 0) is 24.3 Å². The molecule has 0 fully saturated rings. The zero-order chi connectivity index (χ0) is 19.3. The van der Waals surface area contributed by atoms with Crippen molar-refractivity contribution in [1.82, 2.24) is 4.98 Å². The molecule has 136 valence electrons. The van der Waals surface area contributed by atoms with Gasteiger partial charge in [0, 0.05) is 5.56 Å². The molecule has 3 aromatic carbocycles. The van der Waals surface area contributed by atoms with E-state index in [2.05, 4.69) is 15.5 Å². The molecule has 1 aromatic heterocycles. The highest BCUT2D eigenvalue weighted by molar-refractivity contribution is 6.51. The molecular weight excluding hydrogens is 354 g/mol. The molecule has 0 aliphatic rings. The lowest BCUT2D eigenvalue weighted by molar-refractivity contribution is 0.106. The second-order valence-corrected chi connectivity index (χ2v) is 5.95. The third-order valence-electron chi connectivity index (χ3n) is 4.04. The van der Waals surface area contributed by atoms with Crippen LogP contribution >= 0.6 is 0 Å². The summed E-state index contributed by atoms with van der Waals surface area (Å²) < 4.78 is 5.33. The van der Waals surface area contributed by atoms with Gasteiger partial charge in [0.25, 0.3) is 0 Å². The van der Waals surface area contributed by atoms with Crippen molar-refractivity contribution < 1.29 is 9.21 Å². The van der Waals surface area contributed by atoms with Gasteiger partial charge in [-0.3, -0.25) is 10.2 Å². The molecule has 0 radical (unpaired) electrons. The van der Waals surface area contributed by atoms with Crippen LogP contribution in [0.4, 0.5) is 5.69 Å². The van der Waals surface area contributed by atoms with Crippen molar-refractivity contribution in [2.75, 3.05) is 5.43 Å². The van der Waals surface area contributed by atoms with Crippen molar-refractivity contribution in [2.24, 2.45) is 5.10 Å². The average Bonchev–Trinajstić information content (AvgIpc) is 2.75. The van der Waals surface area contributed by atoms with E-state index in [0.29, 0.717) is 22.4 Å². The number of hydrogen-bond acceptors (Lipinski definition) is 6. The number of hydrogen-bond donors (Lipinski definition) is 1. The second-order valence-electron chi connectivity index (χ2n) is 5.95. The van der Waals surface area contributed by atoms with Crippen LogP contribution in [-0.4, -0.2) is 16.5 Å². The summed E-state index contributed by atoms with van der Waals surface area (Å²) in [5.41, 5.74) is 3.71. The van der Waals surface area contributed by atoms with Crippen molar-refractivity contribution in [3.63, 3.8) is 0 Å².